The molecule has 0 fully saturated rings. The van der Waals surface area contributed by atoms with Crippen molar-refractivity contribution in [2.24, 2.45) is 0 Å². The Balaban J connectivity index is 2.25. The molecule has 1 aromatic heterocycles. The molecule has 0 unspecified atom stereocenters. The van der Waals surface area contributed by atoms with E-state index in [-0.39, 0.29) is 0 Å². The lowest BCUT2D eigenvalue weighted by molar-refractivity contribution is 0.704. The van der Waals surface area contributed by atoms with Gasteiger partial charge in [0.1, 0.15) is 5.82 Å². The van der Waals surface area contributed by atoms with Crippen LogP contribution in [0.4, 0.5) is 5.69 Å². The molecule has 108 valence electrons. The van der Waals surface area contributed by atoms with Gasteiger partial charge in [0.15, 0.2) is 0 Å². The fourth-order valence-corrected chi connectivity index (χ4v) is 2.75. The highest BCUT2D eigenvalue weighted by Crippen LogP contribution is 2.28. The third-order valence-electron chi connectivity index (χ3n) is 3.69. The summed E-state index contributed by atoms with van der Waals surface area (Å²) < 4.78 is 2.23. The van der Waals surface area contributed by atoms with Gasteiger partial charge in [-0.15, -0.1) is 0 Å². The van der Waals surface area contributed by atoms with E-state index in [9.17, 15) is 0 Å². The zero-order valence-electron chi connectivity index (χ0n) is 12.2. The topological polar surface area (TPSA) is 43.8 Å². The van der Waals surface area contributed by atoms with Gasteiger partial charge >= 0.3 is 0 Å². The van der Waals surface area contributed by atoms with Crippen molar-refractivity contribution in [1.82, 2.24) is 9.55 Å². The Morgan fingerprint density at radius 3 is 2.71 bits per heavy atom. The van der Waals surface area contributed by atoms with Crippen molar-refractivity contribution in [2.45, 2.75) is 26.8 Å². The molecule has 0 bridgehead atoms. The average Bonchev–Trinajstić information content (AvgIpc) is 2.81. The van der Waals surface area contributed by atoms with Crippen LogP contribution in [-0.2, 0) is 6.54 Å². The van der Waals surface area contributed by atoms with Crippen LogP contribution in [0.5, 0.6) is 0 Å². The first-order valence-corrected chi connectivity index (χ1v) is 7.50. The Bertz CT molecular complexity index is 805. The van der Waals surface area contributed by atoms with E-state index < -0.39 is 0 Å². The van der Waals surface area contributed by atoms with Crippen LogP contribution < -0.4 is 5.73 Å². The summed E-state index contributed by atoms with van der Waals surface area (Å²) in [6, 6.07) is 11.9. The largest absolute Gasteiger partial charge is 0.399 e. The minimum absolute atomic E-state index is 0.736. The van der Waals surface area contributed by atoms with Crippen molar-refractivity contribution >= 4 is 28.3 Å². The van der Waals surface area contributed by atoms with E-state index in [1.54, 1.807) is 0 Å². The summed E-state index contributed by atoms with van der Waals surface area (Å²) >= 11 is 6.13. The normalized spacial score (nSPS) is 11.2. The molecule has 3 aromatic rings. The van der Waals surface area contributed by atoms with Crippen molar-refractivity contribution < 1.29 is 0 Å². The van der Waals surface area contributed by atoms with Gasteiger partial charge in [0.25, 0.3) is 0 Å². The molecule has 0 radical (unpaired) electrons. The van der Waals surface area contributed by atoms with Crippen LogP contribution in [0, 0.1) is 6.92 Å². The fourth-order valence-electron chi connectivity index (χ4n) is 2.58. The Kier molecular flexibility index (Phi) is 3.60. The number of anilines is 1. The standard InChI is InChI=1S/C17H18ClN3/c1-3-8-21-16-10-13(18)5-7-15(16)20-17(21)12-4-6-14(19)11(2)9-12/h4-7,9-10H,3,8,19H2,1-2H3. The predicted octanol–water partition coefficient (Wildman–Crippen LogP) is 4.66. The molecule has 2 aromatic carbocycles. The SMILES string of the molecule is CCCn1c(-c2ccc(N)c(C)c2)nc2ccc(Cl)cc21. The number of hydrogen-bond donors (Lipinski definition) is 1. The zero-order valence-corrected chi connectivity index (χ0v) is 13.0. The van der Waals surface area contributed by atoms with E-state index >= 15 is 0 Å². The molecule has 0 atom stereocenters. The Morgan fingerprint density at radius 2 is 2.00 bits per heavy atom. The van der Waals surface area contributed by atoms with Gasteiger partial charge in [-0.3, -0.25) is 0 Å². The highest BCUT2D eigenvalue weighted by Gasteiger charge is 2.13. The first-order valence-electron chi connectivity index (χ1n) is 7.12. The molecule has 0 spiro atoms. The van der Waals surface area contributed by atoms with Crippen LogP contribution in [0.2, 0.25) is 5.02 Å². The molecule has 3 rings (SSSR count). The number of fused-ring (bicyclic) bond motifs is 1. The summed E-state index contributed by atoms with van der Waals surface area (Å²) in [5.41, 5.74) is 10.9. The maximum absolute atomic E-state index is 6.13. The first-order chi connectivity index (χ1) is 10.1. The second-order valence-corrected chi connectivity index (χ2v) is 5.73. The van der Waals surface area contributed by atoms with Crippen molar-refractivity contribution in [1.29, 1.82) is 0 Å². The number of aryl methyl sites for hydroxylation is 2. The third kappa shape index (κ3) is 2.49. The van der Waals surface area contributed by atoms with Gasteiger partial charge < -0.3 is 10.3 Å². The quantitative estimate of drug-likeness (QED) is 0.715. The molecule has 0 aliphatic carbocycles. The van der Waals surface area contributed by atoms with Crippen molar-refractivity contribution in [3.05, 3.63) is 47.0 Å². The molecule has 4 heteroatoms. The lowest BCUT2D eigenvalue weighted by Crippen LogP contribution is -2.00. The summed E-state index contributed by atoms with van der Waals surface area (Å²) in [5, 5.41) is 0.736. The molecule has 0 amide bonds. The number of benzene rings is 2. The summed E-state index contributed by atoms with van der Waals surface area (Å²) in [4.78, 5) is 4.78. The Labute approximate surface area is 129 Å². The van der Waals surface area contributed by atoms with Gasteiger partial charge in [0.05, 0.1) is 11.0 Å². The molecule has 21 heavy (non-hydrogen) atoms. The smallest absolute Gasteiger partial charge is 0.141 e. The van der Waals surface area contributed by atoms with E-state index in [0.717, 1.165) is 51.7 Å². The predicted molar refractivity (Wildman–Crippen MR) is 89.6 cm³/mol. The summed E-state index contributed by atoms with van der Waals surface area (Å²) in [5.74, 6) is 0.970. The van der Waals surface area contributed by atoms with Crippen molar-refractivity contribution in [3.8, 4) is 11.4 Å². The second-order valence-electron chi connectivity index (χ2n) is 5.29. The lowest BCUT2D eigenvalue weighted by Gasteiger charge is -2.09. The highest BCUT2D eigenvalue weighted by atomic mass is 35.5. The average molecular weight is 300 g/mol. The van der Waals surface area contributed by atoms with E-state index in [4.69, 9.17) is 22.3 Å². The van der Waals surface area contributed by atoms with Crippen LogP contribution in [0.15, 0.2) is 36.4 Å². The lowest BCUT2D eigenvalue weighted by atomic mass is 10.1. The number of rotatable bonds is 3. The van der Waals surface area contributed by atoms with E-state index in [2.05, 4.69) is 17.6 Å². The number of aromatic nitrogens is 2. The van der Waals surface area contributed by atoms with E-state index in [1.165, 1.54) is 0 Å². The number of nitrogens with two attached hydrogens (primary N) is 1. The van der Waals surface area contributed by atoms with Gasteiger partial charge in [0, 0.05) is 22.8 Å². The maximum Gasteiger partial charge on any atom is 0.141 e. The van der Waals surface area contributed by atoms with E-state index in [0.29, 0.717) is 0 Å². The number of imidazole rings is 1. The molecule has 0 aliphatic heterocycles. The summed E-state index contributed by atoms with van der Waals surface area (Å²) in [7, 11) is 0. The van der Waals surface area contributed by atoms with Crippen molar-refractivity contribution in [3.63, 3.8) is 0 Å². The molecule has 2 N–H and O–H groups in total. The minimum atomic E-state index is 0.736. The number of nitrogens with zero attached hydrogens (tertiary/aromatic N) is 2. The maximum atomic E-state index is 6.13. The first kappa shape index (κ1) is 14.0. The number of halogens is 1. The molecular weight excluding hydrogens is 282 g/mol. The van der Waals surface area contributed by atoms with Gasteiger partial charge in [-0.25, -0.2) is 4.98 Å². The number of hydrogen-bond acceptors (Lipinski definition) is 2. The minimum Gasteiger partial charge on any atom is -0.399 e. The van der Waals surface area contributed by atoms with Crippen LogP contribution in [0.3, 0.4) is 0 Å². The van der Waals surface area contributed by atoms with Crippen LogP contribution >= 0.6 is 11.6 Å². The molecule has 1 heterocycles. The molecule has 3 nitrogen and oxygen atoms in total. The third-order valence-corrected chi connectivity index (χ3v) is 3.92. The molecule has 0 saturated heterocycles. The van der Waals surface area contributed by atoms with Gasteiger partial charge in [-0.1, -0.05) is 18.5 Å². The van der Waals surface area contributed by atoms with Gasteiger partial charge in [-0.05, 0) is 55.3 Å². The van der Waals surface area contributed by atoms with Crippen LogP contribution in [-0.4, -0.2) is 9.55 Å². The van der Waals surface area contributed by atoms with Crippen molar-refractivity contribution in [2.75, 3.05) is 5.73 Å². The number of nitrogen functional groups attached to an aromatic ring is 1. The summed E-state index contributed by atoms with van der Waals surface area (Å²) in [6.45, 7) is 5.09. The Morgan fingerprint density at radius 1 is 1.19 bits per heavy atom. The highest BCUT2D eigenvalue weighted by molar-refractivity contribution is 6.31. The van der Waals surface area contributed by atoms with Crippen LogP contribution in [0.1, 0.15) is 18.9 Å². The zero-order chi connectivity index (χ0) is 15.0. The van der Waals surface area contributed by atoms with Gasteiger partial charge in [-0.2, -0.15) is 0 Å². The van der Waals surface area contributed by atoms with Gasteiger partial charge in [0.2, 0.25) is 0 Å². The Hall–Kier alpha value is -2.00. The van der Waals surface area contributed by atoms with E-state index in [1.807, 2.05) is 37.3 Å². The second kappa shape index (κ2) is 5.41. The summed E-state index contributed by atoms with van der Waals surface area (Å²) in [6.07, 6.45) is 1.04. The monoisotopic (exact) mass is 299 g/mol. The van der Waals surface area contributed by atoms with Crippen LogP contribution in [0.25, 0.3) is 22.4 Å². The fraction of sp³-hybridized carbons (Fsp3) is 0.235. The molecular formula is C17H18ClN3. The molecule has 0 aliphatic rings. The molecule has 0 saturated carbocycles.